The lowest BCUT2D eigenvalue weighted by molar-refractivity contribution is -0.136. The molecule has 0 unspecified atom stereocenters. The van der Waals surface area contributed by atoms with Crippen LogP contribution in [0.15, 0.2) is 18.2 Å². The summed E-state index contributed by atoms with van der Waals surface area (Å²) in [5.74, 6) is -0.893. The number of hydrogen-bond acceptors (Lipinski definition) is 3. The molecule has 16 heavy (non-hydrogen) atoms. The van der Waals surface area contributed by atoms with E-state index in [1.807, 2.05) is 0 Å². The Labute approximate surface area is 97.8 Å². The Balaban J connectivity index is 2.88. The molecule has 0 bridgehead atoms. The van der Waals surface area contributed by atoms with Gasteiger partial charge in [0, 0.05) is 11.4 Å². The highest BCUT2D eigenvalue weighted by molar-refractivity contribution is 6.31. The summed E-state index contributed by atoms with van der Waals surface area (Å²) in [7, 11) is 1.44. The fourth-order valence-corrected chi connectivity index (χ4v) is 1.43. The van der Waals surface area contributed by atoms with Gasteiger partial charge in [-0.1, -0.05) is 11.6 Å². The molecule has 5 heteroatoms. The summed E-state index contributed by atoms with van der Waals surface area (Å²) in [5.41, 5.74) is 0.316. The van der Waals surface area contributed by atoms with Crippen LogP contribution in [0, 0.1) is 0 Å². The first-order valence-electron chi connectivity index (χ1n) is 4.63. The largest absolute Gasteiger partial charge is 0.496 e. The van der Waals surface area contributed by atoms with E-state index in [1.165, 1.54) is 13.2 Å². The van der Waals surface area contributed by atoms with Gasteiger partial charge in [0.15, 0.2) is 5.78 Å². The summed E-state index contributed by atoms with van der Waals surface area (Å²) < 4.78 is 5.00. The number of Topliss-reactive ketones (excluding diaryl/α,β-unsaturated/α-hetero) is 1. The highest BCUT2D eigenvalue weighted by atomic mass is 35.5. The molecule has 0 spiro atoms. The van der Waals surface area contributed by atoms with Crippen LogP contribution in [-0.2, 0) is 4.79 Å². The van der Waals surface area contributed by atoms with Gasteiger partial charge in [-0.05, 0) is 18.2 Å². The first-order chi connectivity index (χ1) is 7.54. The van der Waals surface area contributed by atoms with Crippen LogP contribution in [0.5, 0.6) is 5.75 Å². The van der Waals surface area contributed by atoms with Crippen molar-refractivity contribution in [1.29, 1.82) is 0 Å². The Bertz CT molecular complexity index is 414. The van der Waals surface area contributed by atoms with Gasteiger partial charge in [0.05, 0.1) is 19.1 Å². The van der Waals surface area contributed by atoms with Crippen LogP contribution in [0.3, 0.4) is 0 Å². The zero-order chi connectivity index (χ0) is 12.1. The van der Waals surface area contributed by atoms with Crippen molar-refractivity contribution in [3.8, 4) is 5.75 Å². The third-order valence-electron chi connectivity index (χ3n) is 2.03. The van der Waals surface area contributed by atoms with E-state index >= 15 is 0 Å². The summed E-state index contributed by atoms with van der Waals surface area (Å²) in [6.07, 6.45) is -0.263. The lowest BCUT2D eigenvalue weighted by Gasteiger charge is -2.07. The highest BCUT2D eigenvalue weighted by Gasteiger charge is 2.13. The second-order valence-corrected chi connectivity index (χ2v) is 3.60. The second kappa shape index (κ2) is 5.51. The number of methoxy groups -OCH3 is 1. The molecule has 0 saturated carbocycles. The van der Waals surface area contributed by atoms with Crippen LogP contribution in [0.4, 0.5) is 0 Å². The Kier molecular flexibility index (Phi) is 4.31. The zero-order valence-electron chi connectivity index (χ0n) is 8.70. The molecule has 0 amide bonds. The van der Waals surface area contributed by atoms with Crippen molar-refractivity contribution in [3.63, 3.8) is 0 Å². The van der Waals surface area contributed by atoms with Gasteiger partial charge in [-0.25, -0.2) is 0 Å². The van der Waals surface area contributed by atoms with Gasteiger partial charge in [-0.15, -0.1) is 0 Å². The maximum atomic E-state index is 11.7. The number of aliphatic carboxylic acids is 1. The Morgan fingerprint density at radius 1 is 1.38 bits per heavy atom. The quantitative estimate of drug-likeness (QED) is 0.806. The monoisotopic (exact) mass is 242 g/mol. The molecular weight excluding hydrogens is 232 g/mol. The molecular formula is C11H11ClO4. The zero-order valence-corrected chi connectivity index (χ0v) is 9.45. The number of ether oxygens (including phenoxy) is 1. The van der Waals surface area contributed by atoms with Crippen molar-refractivity contribution < 1.29 is 19.4 Å². The van der Waals surface area contributed by atoms with Crippen LogP contribution in [0.1, 0.15) is 23.2 Å². The maximum absolute atomic E-state index is 11.7. The van der Waals surface area contributed by atoms with Crippen molar-refractivity contribution in [2.24, 2.45) is 0 Å². The van der Waals surface area contributed by atoms with Crippen LogP contribution in [0.2, 0.25) is 5.02 Å². The average molecular weight is 243 g/mol. The number of benzene rings is 1. The number of carbonyl (C=O) groups excluding carboxylic acids is 1. The smallest absolute Gasteiger partial charge is 0.303 e. The second-order valence-electron chi connectivity index (χ2n) is 3.16. The van der Waals surface area contributed by atoms with Crippen molar-refractivity contribution in [2.45, 2.75) is 12.8 Å². The number of halogens is 1. The van der Waals surface area contributed by atoms with Crippen LogP contribution >= 0.6 is 11.6 Å². The fourth-order valence-electron chi connectivity index (χ4n) is 1.25. The Hall–Kier alpha value is -1.55. The van der Waals surface area contributed by atoms with E-state index in [4.69, 9.17) is 21.4 Å². The molecule has 0 fully saturated rings. The lowest BCUT2D eigenvalue weighted by Crippen LogP contribution is -2.05. The lowest BCUT2D eigenvalue weighted by atomic mass is 10.1. The third kappa shape index (κ3) is 3.24. The standard InChI is InChI=1S/C11H11ClO4/c1-16-10-4-2-7(12)6-8(10)9(13)3-5-11(14)15/h2,4,6H,3,5H2,1H3,(H,14,15). The van der Waals surface area contributed by atoms with Gasteiger partial charge in [0.2, 0.25) is 0 Å². The predicted molar refractivity (Wildman–Crippen MR) is 59.2 cm³/mol. The summed E-state index contributed by atoms with van der Waals surface area (Å²) in [6, 6.07) is 4.66. The van der Waals surface area contributed by atoms with Crippen LogP contribution in [0.25, 0.3) is 0 Å². The van der Waals surface area contributed by atoms with Crippen LogP contribution < -0.4 is 4.74 Å². The van der Waals surface area contributed by atoms with Crippen molar-refractivity contribution in [1.82, 2.24) is 0 Å². The molecule has 0 aromatic heterocycles. The molecule has 1 aromatic carbocycles. The molecule has 0 heterocycles. The van der Waals surface area contributed by atoms with Gasteiger partial charge in [-0.2, -0.15) is 0 Å². The highest BCUT2D eigenvalue weighted by Crippen LogP contribution is 2.24. The molecule has 86 valence electrons. The van der Waals surface area contributed by atoms with Crippen molar-refractivity contribution in [3.05, 3.63) is 28.8 Å². The fraction of sp³-hybridized carbons (Fsp3) is 0.273. The summed E-state index contributed by atoms with van der Waals surface area (Å²) in [4.78, 5) is 22.0. The molecule has 1 aromatic rings. The van der Waals surface area contributed by atoms with Gasteiger partial charge >= 0.3 is 5.97 Å². The predicted octanol–water partition coefficient (Wildman–Crippen LogP) is 2.40. The van der Waals surface area contributed by atoms with E-state index in [-0.39, 0.29) is 18.6 Å². The van der Waals surface area contributed by atoms with Crippen molar-refractivity contribution >= 4 is 23.4 Å². The van der Waals surface area contributed by atoms with E-state index in [9.17, 15) is 9.59 Å². The number of hydrogen-bond donors (Lipinski definition) is 1. The summed E-state index contributed by atoms with van der Waals surface area (Å²) in [6.45, 7) is 0. The van der Waals surface area contributed by atoms with E-state index in [2.05, 4.69) is 0 Å². The molecule has 0 aliphatic carbocycles. The minimum atomic E-state index is -1.01. The number of rotatable bonds is 5. The Morgan fingerprint density at radius 3 is 2.62 bits per heavy atom. The number of carbonyl (C=O) groups is 2. The minimum absolute atomic E-state index is 0.0635. The molecule has 0 radical (unpaired) electrons. The molecule has 0 atom stereocenters. The topological polar surface area (TPSA) is 63.6 Å². The first kappa shape index (κ1) is 12.5. The number of carboxylic acid groups (broad SMARTS) is 1. The molecule has 0 aliphatic rings. The summed E-state index contributed by atoms with van der Waals surface area (Å²) in [5, 5.41) is 8.90. The third-order valence-corrected chi connectivity index (χ3v) is 2.26. The number of ketones is 1. The average Bonchev–Trinajstić information content (AvgIpc) is 2.25. The number of carboxylic acids is 1. The van der Waals surface area contributed by atoms with Crippen molar-refractivity contribution in [2.75, 3.05) is 7.11 Å². The normalized spacial score (nSPS) is 9.88. The van der Waals surface area contributed by atoms with E-state index in [1.54, 1.807) is 12.1 Å². The Morgan fingerprint density at radius 2 is 2.06 bits per heavy atom. The summed E-state index contributed by atoms with van der Waals surface area (Å²) >= 11 is 5.76. The van der Waals surface area contributed by atoms with E-state index < -0.39 is 5.97 Å². The maximum Gasteiger partial charge on any atom is 0.303 e. The molecule has 0 aliphatic heterocycles. The molecule has 1 N–H and O–H groups in total. The SMILES string of the molecule is COc1ccc(Cl)cc1C(=O)CCC(=O)O. The van der Waals surface area contributed by atoms with E-state index in [0.717, 1.165) is 0 Å². The van der Waals surface area contributed by atoms with Gasteiger partial charge in [0.1, 0.15) is 5.75 Å². The van der Waals surface area contributed by atoms with E-state index in [0.29, 0.717) is 16.3 Å². The molecule has 4 nitrogen and oxygen atoms in total. The molecule has 1 rings (SSSR count). The first-order valence-corrected chi connectivity index (χ1v) is 5.01. The minimum Gasteiger partial charge on any atom is -0.496 e. The molecule has 0 saturated heterocycles. The van der Waals surface area contributed by atoms with Gasteiger partial charge in [0.25, 0.3) is 0 Å². The van der Waals surface area contributed by atoms with Gasteiger partial charge < -0.3 is 9.84 Å². The van der Waals surface area contributed by atoms with Crippen LogP contribution in [-0.4, -0.2) is 24.0 Å². The van der Waals surface area contributed by atoms with Gasteiger partial charge in [-0.3, -0.25) is 9.59 Å².